The van der Waals surface area contributed by atoms with E-state index in [2.05, 4.69) is 22.9 Å². The molecule has 1 aromatic carbocycles. The highest BCUT2D eigenvalue weighted by Gasteiger charge is 2.09. The highest BCUT2D eigenvalue weighted by Crippen LogP contribution is 2.26. The Labute approximate surface area is 135 Å². The first-order valence-corrected chi connectivity index (χ1v) is 8.18. The Kier molecular flexibility index (Phi) is 8.38. The maximum Gasteiger partial charge on any atom is 0.344 e. The number of nitrogens with two attached hydrogens (primary N) is 1. The summed E-state index contributed by atoms with van der Waals surface area (Å²) < 4.78 is 11.3. The molecule has 21 heavy (non-hydrogen) atoms. The van der Waals surface area contributed by atoms with Gasteiger partial charge >= 0.3 is 5.97 Å². The van der Waals surface area contributed by atoms with Crippen molar-refractivity contribution in [1.82, 2.24) is 0 Å². The third-order valence-electron chi connectivity index (χ3n) is 3.13. The lowest BCUT2D eigenvalue weighted by molar-refractivity contribution is -0.146. The van der Waals surface area contributed by atoms with Gasteiger partial charge in [-0.05, 0) is 52.9 Å². The second kappa shape index (κ2) is 9.79. The van der Waals surface area contributed by atoms with Gasteiger partial charge < -0.3 is 15.2 Å². The zero-order valence-electron chi connectivity index (χ0n) is 12.7. The number of rotatable bonds is 9. The summed E-state index contributed by atoms with van der Waals surface area (Å²) >= 11 is 3.46. The van der Waals surface area contributed by atoms with E-state index in [9.17, 15) is 4.79 Å². The number of esters is 1. The van der Waals surface area contributed by atoms with Gasteiger partial charge in [-0.3, -0.25) is 0 Å². The molecule has 0 radical (unpaired) electrons. The molecular formula is C16H24BrNO3. The van der Waals surface area contributed by atoms with Crippen LogP contribution in [-0.2, 0) is 16.0 Å². The fourth-order valence-electron chi connectivity index (χ4n) is 1.74. The molecule has 0 spiro atoms. The summed E-state index contributed by atoms with van der Waals surface area (Å²) in [6, 6.07) is 5.96. The van der Waals surface area contributed by atoms with Crippen LogP contribution in [0.2, 0.25) is 0 Å². The van der Waals surface area contributed by atoms with E-state index in [1.807, 2.05) is 25.1 Å². The van der Waals surface area contributed by atoms with Crippen LogP contribution in [0.25, 0.3) is 0 Å². The fourth-order valence-corrected chi connectivity index (χ4v) is 2.28. The molecule has 0 saturated heterocycles. The van der Waals surface area contributed by atoms with E-state index in [4.69, 9.17) is 15.2 Å². The van der Waals surface area contributed by atoms with Crippen molar-refractivity contribution in [2.45, 2.75) is 45.6 Å². The molecule has 0 aliphatic heterocycles. The fraction of sp³-hybridized carbons (Fsp3) is 0.562. The lowest BCUT2D eigenvalue weighted by atomic mass is 10.0. The van der Waals surface area contributed by atoms with Crippen molar-refractivity contribution in [2.75, 3.05) is 13.2 Å². The normalized spacial score (nSPS) is 12.0. The maximum atomic E-state index is 11.5. The van der Waals surface area contributed by atoms with E-state index in [-0.39, 0.29) is 18.6 Å². The number of carbonyl (C=O) groups is 1. The van der Waals surface area contributed by atoms with E-state index < -0.39 is 0 Å². The number of hydrogen-bond donors (Lipinski definition) is 1. The van der Waals surface area contributed by atoms with Gasteiger partial charge in [0.25, 0.3) is 0 Å². The van der Waals surface area contributed by atoms with Crippen LogP contribution < -0.4 is 10.5 Å². The molecule has 118 valence electrons. The molecule has 0 heterocycles. The predicted octanol–water partition coefficient (Wildman–Crippen LogP) is 3.45. The molecule has 1 unspecified atom stereocenters. The van der Waals surface area contributed by atoms with E-state index in [1.54, 1.807) is 0 Å². The van der Waals surface area contributed by atoms with Crippen molar-refractivity contribution in [3.8, 4) is 5.75 Å². The van der Waals surface area contributed by atoms with Gasteiger partial charge in [-0.2, -0.15) is 0 Å². The van der Waals surface area contributed by atoms with Gasteiger partial charge in [0.2, 0.25) is 0 Å². The van der Waals surface area contributed by atoms with Crippen LogP contribution in [0.4, 0.5) is 0 Å². The molecule has 1 atom stereocenters. The summed E-state index contributed by atoms with van der Waals surface area (Å²) in [5.41, 5.74) is 7.09. The summed E-state index contributed by atoms with van der Waals surface area (Å²) in [6.07, 6.45) is 3.65. The second-order valence-corrected chi connectivity index (χ2v) is 5.85. The number of ether oxygens (including phenoxy) is 2. The summed E-state index contributed by atoms with van der Waals surface area (Å²) in [7, 11) is 0. The third kappa shape index (κ3) is 6.96. The average molecular weight is 358 g/mol. The van der Waals surface area contributed by atoms with E-state index >= 15 is 0 Å². The minimum atomic E-state index is -0.340. The molecule has 0 aliphatic carbocycles. The van der Waals surface area contributed by atoms with Crippen LogP contribution in [0.5, 0.6) is 5.75 Å². The second-order valence-electron chi connectivity index (χ2n) is 5.00. The minimum Gasteiger partial charge on any atom is -0.481 e. The average Bonchev–Trinajstić information content (AvgIpc) is 2.46. The number of carbonyl (C=O) groups excluding carboxylic acids is 1. The van der Waals surface area contributed by atoms with Crippen LogP contribution in [-0.4, -0.2) is 25.2 Å². The Morgan fingerprint density at radius 3 is 2.76 bits per heavy atom. The molecule has 5 heteroatoms. The molecular weight excluding hydrogens is 334 g/mol. The first-order chi connectivity index (χ1) is 10.1. The number of benzene rings is 1. The lowest BCUT2D eigenvalue weighted by Crippen LogP contribution is -2.21. The Morgan fingerprint density at radius 1 is 1.38 bits per heavy atom. The molecule has 0 saturated carbocycles. The Morgan fingerprint density at radius 2 is 2.14 bits per heavy atom. The van der Waals surface area contributed by atoms with Gasteiger partial charge in [-0.1, -0.05) is 26.3 Å². The smallest absolute Gasteiger partial charge is 0.344 e. The van der Waals surface area contributed by atoms with E-state index in [0.29, 0.717) is 12.4 Å². The lowest BCUT2D eigenvalue weighted by Gasteiger charge is -2.12. The number of hydrogen-bond acceptors (Lipinski definition) is 4. The van der Waals surface area contributed by atoms with E-state index in [1.165, 1.54) is 0 Å². The molecule has 4 nitrogen and oxygen atoms in total. The number of halogens is 1. The first-order valence-electron chi connectivity index (χ1n) is 7.39. The standard InChI is InChI=1S/C16H24BrNO3/c1-3-5-8-20-16(19)11-21-15-7-6-12(10-14(15)17)9-13(18)4-2/h6-7,10,13H,3-5,8-9,11,18H2,1-2H3. The van der Waals surface area contributed by atoms with Crippen molar-refractivity contribution < 1.29 is 14.3 Å². The van der Waals surface area contributed by atoms with Gasteiger partial charge in [0.15, 0.2) is 6.61 Å². The van der Waals surface area contributed by atoms with Gasteiger partial charge in [0, 0.05) is 6.04 Å². The molecule has 2 N–H and O–H groups in total. The zero-order valence-corrected chi connectivity index (χ0v) is 14.3. The molecule has 0 aromatic heterocycles. The van der Waals surface area contributed by atoms with Crippen molar-refractivity contribution in [2.24, 2.45) is 5.73 Å². The SMILES string of the molecule is CCCCOC(=O)COc1ccc(CC(N)CC)cc1Br. The van der Waals surface area contributed by atoms with Crippen LogP contribution in [0.15, 0.2) is 22.7 Å². The third-order valence-corrected chi connectivity index (χ3v) is 3.74. The van der Waals surface area contributed by atoms with Crippen molar-refractivity contribution in [3.05, 3.63) is 28.2 Å². The molecule has 1 aromatic rings. The summed E-state index contributed by atoms with van der Waals surface area (Å²) in [5.74, 6) is 0.295. The van der Waals surface area contributed by atoms with E-state index in [0.717, 1.165) is 35.7 Å². The number of unbranched alkanes of at least 4 members (excludes halogenated alkanes) is 1. The minimum absolute atomic E-state index is 0.0733. The zero-order chi connectivity index (χ0) is 15.7. The molecule has 1 rings (SSSR count). The van der Waals surface area contributed by atoms with Gasteiger partial charge in [-0.25, -0.2) is 4.79 Å². The Balaban J connectivity index is 2.47. The van der Waals surface area contributed by atoms with Gasteiger partial charge in [0.05, 0.1) is 11.1 Å². The Bertz CT molecular complexity index is 451. The van der Waals surface area contributed by atoms with Crippen molar-refractivity contribution >= 4 is 21.9 Å². The van der Waals surface area contributed by atoms with Crippen LogP contribution in [0, 0.1) is 0 Å². The molecule has 0 amide bonds. The van der Waals surface area contributed by atoms with Crippen LogP contribution in [0.3, 0.4) is 0 Å². The largest absolute Gasteiger partial charge is 0.481 e. The van der Waals surface area contributed by atoms with Crippen LogP contribution in [0.1, 0.15) is 38.7 Å². The topological polar surface area (TPSA) is 61.5 Å². The summed E-state index contributed by atoms with van der Waals surface area (Å²) in [5, 5.41) is 0. The molecule has 0 bridgehead atoms. The highest BCUT2D eigenvalue weighted by atomic mass is 79.9. The van der Waals surface area contributed by atoms with Crippen LogP contribution >= 0.6 is 15.9 Å². The van der Waals surface area contributed by atoms with Gasteiger partial charge in [-0.15, -0.1) is 0 Å². The van der Waals surface area contributed by atoms with Crippen molar-refractivity contribution in [3.63, 3.8) is 0 Å². The molecule has 0 fully saturated rings. The monoisotopic (exact) mass is 357 g/mol. The quantitative estimate of drug-likeness (QED) is 0.543. The predicted molar refractivity (Wildman–Crippen MR) is 87.5 cm³/mol. The summed E-state index contributed by atoms with van der Waals surface area (Å²) in [6.45, 7) is 4.50. The summed E-state index contributed by atoms with van der Waals surface area (Å²) in [4.78, 5) is 11.5. The Hall–Kier alpha value is -1.07. The van der Waals surface area contributed by atoms with Crippen molar-refractivity contribution in [1.29, 1.82) is 0 Å². The van der Waals surface area contributed by atoms with Gasteiger partial charge in [0.1, 0.15) is 5.75 Å². The maximum absolute atomic E-state index is 11.5. The highest BCUT2D eigenvalue weighted by molar-refractivity contribution is 9.10. The molecule has 0 aliphatic rings. The first kappa shape index (κ1) is 18.0.